The highest BCUT2D eigenvalue weighted by atomic mass is 16.2. The van der Waals surface area contributed by atoms with E-state index in [0.29, 0.717) is 30.8 Å². The third kappa shape index (κ3) is 2.63. The number of carbonyl (C=O) groups excluding carboxylic acids is 2. The van der Waals surface area contributed by atoms with Gasteiger partial charge >= 0.3 is 0 Å². The number of fused-ring (bicyclic) bond motifs is 1. The van der Waals surface area contributed by atoms with E-state index in [9.17, 15) is 9.59 Å². The molecule has 1 aromatic carbocycles. The molecule has 1 N–H and O–H groups in total. The SMILES string of the molecule is O=CNc1cccc2c1CN(CCc1ccccn1)C2=O. The topological polar surface area (TPSA) is 62.3 Å². The Balaban J connectivity index is 1.74. The van der Waals surface area contributed by atoms with E-state index in [1.807, 2.05) is 24.3 Å². The Bertz CT molecular complexity index is 670. The molecule has 0 bridgehead atoms. The van der Waals surface area contributed by atoms with Crippen molar-refractivity contribution in [3.63, 3.8) is 0 Å². The molecule has 1 aliphatic rings. The molecule has 0 aliphatic carbocycles. The van der Waals surface area contributed by atoms with Gasteiger partial charge in [0.2, 0.25) is 6.41 Å². The molecular weight excluding hydrogens is 266 g/mol. The van der Waals surface area contributed by atoms with Gasteiger partial charge in [-0.15, -0.1) is 0 Å². The molecule has 1 aliphatic heterocycles. The van der Waals surface area contributed by atoms with Crippen LogP contribution in [-0.2, 0) is 17.8 Å². The summed E-state index contributed by atoms with van der Waals surface area (Å²) in [6.07, 6.45) is 3.11. The molecule has 2 amide bonds. The molecule has 1 aromatic heterocycles. The van der Waals surface area contributed by atoms with E-state index in [0.717, 1.165) is 17.7 Å². The third-order valence-corrected chi connectivity index (χ3v) is 3.62. The van der Waals surface area contributed by atoms with Crippen molar-refractivity contribution < 1.29 is 9.59 Å². The Labute approximate surface area is 122 Å². The second-order valence-electron chi connectivity index (χ2n) is 4.89. The van der Waals surface area contributed by atoms with Gasteiger partial charge in [-0.3, -0.25) is 14.6 Å². The predicted molar refractivity (Wildman–Crippen MR) is 78.8 cm³/mol. The lowest BCUT2D eigenvalue weighted by Crippen LogP contribution is -2.26. The quantitative estimate of drug-likeness (QED) is 0.851. The zero-order chi connectivity index (χ0) is 14.7. The molecule has 0 saturated carbocycles. The number of carbonyl (C=O) groups is 2. The number of nitrogens with one attached hydrogen (secondary N) is 1. The molecule has 0 fully saturated rings. The minimum atomic E-state index is 0.00970. The van der Waals surface area contributed by atoms with E-state index in [2.05, 4.69) is 10.3 Å². The molecule has 0 spiro atoms. The lowest BCUT2D eigenvalue weighted by Gasteiger charge is -2.15. The van der Waals surface area contributed by atoms with Gasteiger partial charge < -0.3 is 10.2 Å². The molecule has 0 radical (unpaired) electrons. The van der Waals surface area contributed by atoms with Crippen LogP contribution in [0.15, 0.2) is 42.6 Å². The van der Waals surface area contributed by atoms with Crippen molar-refractivity contribution in [1.29, 1.82) is 0 Å². The normalized spacial score (nSPS) is 13.1. The van der Waals surface area contributed by atoms with Gasteiger partial charge in [0.15, 0.2) is 0 Å². The van der Waals surface area contributed by atoms with E-state index in [1.165, 1.54) is 0 Å². The van der Waals surface area contributed by atoms with Crippen molar-refractivity contribution in [2.45, 2.75) is 13.0 Å². The largest absolute Gasteiger partial charge is 0.334 e. The van der Waals surface area contributed by atoms with Crippen molar-refractivity contribution in [3.05, 3.63) is 59.4 Å². The van der Waals surface area contributed by atoms with E-state index >= 15 is 0 Å². The second kappa shape index (κ2) is 5.75. The van der Waals surface area contributed by atoms with Crippen molar-refractivity contribution in [2.24, 2.45) is 0 Å². The van der Waals surface area contributed by atoms with Crippen LogP contribution in [0.4, 0.5) is 5.69 Å². The molecule has 3 rings (SSSR count). The lowest BCUT2D eigenvalue weighted by atomic mass is 10.1. The maximum absolute atomic E-state index is 12.4. The molecule has 0 atom stereocenters. The zero-order valence-electron chi connectivity index (χ0n) is 11.5. The fourth-order valence-electron chi connectivity index (χ4n) is 2.57. The van der Waals surface area contributed by atoms with Crippen molar-refractivity contribution in [1.82, 2.24) is 9.88 Å². The van der Waals surface area contributed by atoms with Gasteiger partial charge in [-0.2, -0.15) is 0 Å². The standard InChI is InChI=1S/C16H15N3O2/c20-11-18-15-6-3-5-13-14(15)10-19(16(13)21)9-7-12-4-1-2-8-17-12/h1-6,8,11H,7,9-10H2,(H,18,20). The highest BCUT2D eigenvalue weighted by Crippen LogP contribution is 2.29. The average molecular weight is 281 g/mol. The second-order valence-corrected chi connectivity index (χ2v) is 4.89. The number of pyridine rings is 1. The van der Waals surface area contributed by atoms with Crippen molar-refractivity contribution >= 4 is 18.0 Å². The monoisotopic (exact) mass is 281 g/mol. The van der Waals surface area contributed by atoms with Crippen LogP contribution in [0.2, 0.25) is 0 Å². The van der Waals surface area contributed by atoms with Crippen LogP contribution in [0, 0.1) is 0 Å². The molecular formula is C16H15N3O2. The molecule has 5 heteroatoms. The average Bonchev–Trinajstić information content (AvgIpc) is 2.84. The number of benzene rings is 1. The minimum Gasteiger partial charge on any atom is -0.334 e. The summed E-state index contributed by atoms with van der Waals surface area (Å²) in [5, 5.41) is 2.65. The summed E-state index contributed by atoms with van der Waals surface area (Å²) in [7, 11) is 0. The van der Waals surface area contributed by atoms with Crippen LogP contribution in [-0.4, -0.2) is 28.7 Å². The fourth-order valence-corrected chi connectivity index (χ4v) is 2.57. The summed E-state index contributed by atoms with van der Waals surface area (Å²) in [6.45, 7) is 1.14. The maximum atomic E-state index is 12.4. The number of amides is 2. The summed E-state index contributed by atoms with van der Waals surface area (Å²) in [4.78, 5) is 29.0. The molecule has 2 aromatic rings. The summed E-state index contributed by atoms with van der Waals surface area (Å²) in [5.41, 5.74) is 3.22. The highest BCUT2D eigenvalue weighted by molar-refractivity contribution is 6.00. The smallest absolute Gasteiger partial charge is 0.254 e. The third-order valence-electron chi connectivity index (χ3n) is 3.62. The fraction of sp³-hybridized carbons (Fsp3) is 0.188. The Hall–Kier alpha value is -2.69. The Morgan fingerprint density at radius 3 is 2.90 bits per heavy atom. The first-order valence-corrected chi connectivity index (χ1v) is 6.81. The molecule has 5 nitrogen and oxygen atoms in total. The van der Waals surface area contributed by atoms with Gasteiger partial charge in [0, 0.05) is 48.2 Å². The molecule has 2 heterocycles. The van der Waals surface area contributed by atoms with E-state index < -0.39 is 0 Å². The minimum absolute atomic E-state index is 0.00970. The van der Waals surface area contributed by atoms with Gasteiger partial charge in [0.25, 0.3) is 5.91 Å². The molecule has 106 valence electrons. The first-order chi connectivity index (χ1) is 10.3. The Kier molecular flexibility index (Phi) is 3.64. The van der Waals surface area contributed by atoms with E-state index in [1.54, 1.807) is 23.2 Å². The van der Waals surface area contributed by atoms with Gasteiger partial charge in [-0.1, -0.05) is 12.1 Å². The van der Waals surface area contributed by atoms with Crippen molar-refractivity contribution in [2.75, 3.05) is 11.9 Å². The van der Waals surface area contributed by atoms with E-state index in [-0.39, 0.29) is 5.91 Å². The summed E-state index contributed by atoms with van der Waals surface area (Å²) in [5.74, 6) is 0.00970. The number of anilines is 1. The molecule has 0 unspecified atom stereocenters. The number of rotatable bonds is 5. The summed E-state index contributed by atoms with van der Waals surface area (Å²) < 4.78 is 0. The van der Waals surface area contributed by atoms with Gasteiger partial charge in [0.05, 0.1) is 0 Å². The molecule has 0 saturated heterocycles. The van der Waals surface area contributed by atoms with Crippen molar-refractivity contribution in [3.8, 4) is 0 Å². The lowest BCUT2D eigenvalue weighted by molar-refractivity contribution is -0.105. The summed E-state index contributed by atoms with van der Waals surface area (Å²) in [6, 6.07) is 11.2. The van der Waals surface area contributed by atoms with Crippen LogP contribution in [0.5, 0.6) is 0 Å². The van der Waals surface area contributed by atoms with E-state index in [4.69, 9.17) is 0 Å². The van der Waals surface area contributed by atoms with Crippen LogP contribution in [0.1, 0.15) is 21.6 Å². The summed E-state index contributed by atoms with van der Waals surface area (Å²) >= 11 is 0. The Morgan fingerprint density at radius 1 is 1.24 bits per heavy atom. The first kappa shape index (κ1) is 13.3. The predicted octanol–water partition coefficient (Wildman–Crippen LogP) is 1.85. The highest BCUT2D eigenvalue weighted by Gasteiger charge is 2.28. The number of hydrogen-bond acceptors (Lipinski definition) is 3. The zero-order valence-corrected chi connectivity index (χ0v) is 11.5. The molecule has 21 heavy (non-hydrogen) atoms. The van der Waals surface area contributed by atoms with Crippen LogP contribution >= 0.6 is 0 Å². The van der Waals surface area contributed by atoms with Crippen LogP contribution in [0.3, 0.4) is 0 Å². The van der Waals surface area contributed by atoms with Gasteiger partial charge in [-0.05, 0) is 24.3 Å². The maximum Gasteiger partial charge on any atom is 0.254 e. The van der Waals surface area contributed by atoms with Crippen LogP contribution in [0.25, 0.3) is 0 Å². The number of nitrogens with zero attached hydrogens (tertiary/aromatic N) is 2. The first-order valence-electron chi connectivity index (χ1n) is 6.81. The van der Waals surface area contributed by atoms with Crippen LogP contribution < -0.4 is 5.32 Å². The number of aromatic nitrogens is 1. The van der Waals surface area contributed by atoms with Gasteiger partial charge in [0.1, 0.15) is 0 Å². The number of hydrogen-bond donors (Lipinski definition) is 1. The Morgan fingerprint density at radius 2 is 2.14 bits per heavy atom. The van der Waals surface area contributed by atoms with Gasteiger partial charge in [-0.25, -0.2) is 0 Å².